The molecule has 102 valence electrons. The van der Waals surface area contributed by atoms with Crippen LogP contribution in [0.3, 0.4) is 0 Å². The van der Waals surface area contributed by atoms with Crippen LogP contribution >= 0.6 is 11.8 Å². The van der Waals surface area contributed by atoms with Crippen molar-refractivity contribution in [3.05, 3.63) is 18.5 Å². The van der Waals surface area contributed by atoms with Crippen LogP contribution in [0.5, 0.6) is 0 Å². The molecular weight excluding hydrogens is 272 g/mol. The molecule has 0 aliphatic heterocycles. The second kappa shape index (κ2) is 6.91. The molecule has 0 aliphatic rings. The molecule has 1 aromatic rings. The van der Waals surface area contributed by atoms with Crippen LogP contribution in [-0.4, -0.2) is 48.0 Å². The van der Waals surface area contributed by atoms with Crippen LogP contribution in [0, 0.1) is 0 Å². The zero-order valence-corrected chi connectivity index (χ0v) is 12.2. The smallest absolute Gasteiger partial charge is 0.191 e. The molecule has 1 rings (SSSR count). The second-order valence-electron chi connectivity index (χ2n) is 3.81. The summed E-state index contributed by atoms with van der Waals surface area (Å²) in [4.78, 5) is 0. The lowest BCUT2D eigenvalue weighted by Gasteiger charge is -2.06. The van der Waals surface area contributed by atoms with E-state index < -0.39 is 9.84 Å². The first-order valence-corrected chi connectivity index (χ1v) is 8.50. The quantitative estimate of drug-likeness (QED) is 0.549. The Morgan fingerprint density at radius 3 is 2.78 bits per heavy atom. The van der Waals surface area contributed by atoms with E-state index in [1.165, 1.54) is 18.0 Å². The van der Waals surface area contributed by atoms with Crippen molar-refractivity contribution in [2.45, 2.75) is 18.2 Å². The third-order valence-corrected chi connectivity index (χ3v) is 4.30. The largest absolute Gasteiger partial charge is 0.313 e. The summed E-state index contributed by atoms with van der Waals surface area (Å²) in [6, 6.07) is 0. The predicted octanol–water partition coefficient (Wildman–Crippen LogP) is 0.320. The molecule has 0 unspecified atom stereocenters. The number of thioether (sulfide) groups is 1. The number of aromatic nitrogens is 3. The molecular formula is C10H18N4O2S2. The van der Waals surface area contributed by atoms with Gasteiger partial charge in [-0.15, -0.1) is 16.8 Å². The van der Waals surface area contributed by atoms with Gasteiger partial charge in [-0.25, -0.2) is 8.42 Å². The lowest BCUT2D eigenvalue weighted by Crippen LogP contribution is -2.13. The number of rotatable bonds is 8. The van der Waals surface area contributed by atoms with Crippen LogP contribution in [0.15, 0.2) is 17.8 Å². The van der Waals surface area contributed by atoms with Gasteiger partial charge in [-0.2, -0.15) is 0 Å². The summed E-state index contributed by atoms with van der Waals surface area (Å²) in [7, 11) is -1.10. The minimum Gasteiger partial charge on any atom is -0.313 e. The van der Waals surface area contributed by atoms with Crippen LogP contribution in [-0.2, 0) is 22.9 Å². The highest BCUT2D eigenvalue weighted by Crippen LogP contribution is 2.17. The van der Waals surface area contributed by atoms with Crippen molar-refractivity contribution in [1.29, 1.82) is 0 Å². The molecule has 6 nitrogen and oxygen atoms in total. The highest BCUT2D eigenvalue weighted by Gasteiger charge is 2.11. The molecule has 0 aromatic carbocycles. The van der Waals surface area contributed by atoms with Crippen molar-refractivity contribution in [3.8, 4) is 0 Å². The van der Waals surface area contributed by atoms with Gasteiger partial charge in [0.05, 0.1) is 12.3 Å². The van der Waals surface area contributed by atoms with Gasteiger partial charge >= 0.3 is 0 Å². The zero-order valence-electron chi connectivity index (χ0n) is 10.6. The monoisotopic (exact) mass is 290 g/mol. The van der Waals surface area contributed by atoms with Crippen LogP contribution in [0.1, 0.15) is 5.82 Å². The van der Waals surface area contributed by atoms with E-state index in [2.05, 4.69) is 22.1 Å². The Labute approximate surface area is 112 Å². The van der Waals surface area contributed by atoms with E-state index in [0.29, 0.717) is 18.8 Å². The maximum Gasteiger partial charge on any atom is 0.191 e. The molecule has 1 N–H and O–H groups in total. The molecule has 0 fully saturated rings. The molecule has 1 aromatic heterocycles. The number of hydrogen-bond acceptors (Lipinski definition) is 6. The molecule has 18 heavy (non-hydrogen) atoms. The van der Waals surface area contributed by atoms with Gasteiger partial charge in [0.15, 0.2) is 5.16 Å². The molecule has 0 atom stereocenters. The predicted molar refractivity (Wildman–Crippen MR) is 73.4 cm³/mol. The van der Waals surface area contributed by atoms with E-state index in [1.54, 1.807) is 6.08 Å². The Balaban J connectivity index is 2.72. The lowest BCUT2D eigenvalue weighted by molar-refractivity contribution is 0.603. The molecule has 0 spiro atoms. The third-order valence-electron chi connectivity index (χ3n) is 2.13. The Morgan fingerprint density at radius 2 is 2.22 bits per heavy atom. The highest BCUT2D eigenvalue weighted by atomic mass is 32.2. The fourth-order valence-corrected chi connectivity index (χ4v) is 3.47. The van der Waals surface area contributed by atoms with Gasteiger partial charge in [0.1, 0.15) is 15.7 Å². The van der Waals surface area contributed by atoms with E-state index in [1.807, 2.05) is 11.6 Å². The SMILES string of the molecule is C=CCn1c(CNC)nnc1SCCS(C)(=O)=O. The van der Waals surface area contributed by atoms with Crippen LogP contribution in [0.4, 0.5) is 0 Å². The minimum absolute atomic E-state index is 0.139. The molecule has 1 heterocycles. The average molecular weight is 290 g/mol. The topological polar surface area (TPSA) is 76.9 Å². The third kappa shape index (κ3) is 4.79. The zero-order chi connectivity index (χ0) is 13.6. The summed E-state index contributed by atoms with van der Waals surface area (Å²) in [6.07, 6.45) is 3.00. The highest BCUT2D eigenvalue weighted by molar-refractivity contribution is 8.00. The molecule has 0 radical (unpaired) electrons. The van der Waals surface area contributed by atoms with E-state index >= 15 is 0 Å². The van der Waals surface area contributed by atoms with Gasteiger partial charge in [-0.1, -0.05) is 17.8 Å². The van der Waals surface area contributed by atoms with Crippen molar-refractivity contribution >= 4 is 21.6 Å². The van der Waals surface area contributed by atoms with Crippen LogP contribution in [0.25, 0.3) is 0 Å². The number of nitrogens with zero attached hydrogens (tertiary/aromatic N) is 3. The molecule has 0 aliphatic carbocycles. The van der Waals surface area contributed by atoms with E-state index in [0.717, 1.165) is 11.0 Å². The number of nitrogens with one attached hydrogen (secondary N) is 1. The number of sulfone groups is 1. The summed E-state index contributed by atoms with van der Waals surface area (Å²) >= 11 is 1.40. The minimum atomic E-state index is -2.93. The second-order valence-corrected chi connectivity index (χ2v) is 7.13. The summed E-state index contributed by atoms with van der Waals surface area (Å²) in [5, 5.41) is 11.9. The van der Waals surface area contributed by atoms with Gasteiger partial charge in [0.2, 0.25) is 0 Å². The Kier molecular flexibility index (Phi) is 5.83. The number of allylic oxidation sites excluding steroid dienone is 1. The molecule has 0 amide bonds. The van der Waals surface area contributed by atoms with Gasteiger partial charge < -0.3 is 9.88 Å². The van der Waals surface area contributed by atoms with E-state index in [-0.39, 0.29) is 5.75 Å². The fraction of sp³-hybridized carbons (Fsp3) is 0.600. The Morgan fingerprint density at radius 1 is 1.50 bits per heavy atom. The molecule has 0 saturated heterocycles. The maximum absolute atomic E-state index is 11.1. The average Bonchev–Trinajstić information content (AvgIpc) is 2.62. The molecule has 8 heteroatoms. The maximum atomic E-state index is 11.1. The molecule has 0 saturated carbocycles. The van der Waals surface area contributed by atoms with Gasteiger partial charge in [0, 0.05) is 18.6 Å². The lowest BCUT2D eigenvalue weighted by atomic mass is 10.5. The summed E-state index contributed by atoms with van der Waals surface area (Å²) in [6.45, 7) is 4.93. The van der Waals surface area contributed by atoms with Gasteiger partial charge in [-0.3, -0.25) is 0 Å². The first-order chi connectivity index (χ1) is 8.48. The standard InChI is InChI=1S/C10H18N4O2S2/c1-4-5-14-9(8-11-2)12-13-10(14)17-6-7-18(3,15)16/h4,11H,1,5-8H2,2-3H3. The van der Waals surface area contributed by atoms with Crippen LogP contribution < -0.4 is 5.32 Å². The van der Waals surface area contributed by atoms with Gasteiger partial charge in [-0.05, 0) is 7.05 Å². The molecule has 0 bridgehead atoms. The van der Waals surface area contributed by atoms with Crippen molar-refractivity contribution < 1.29 is 8.42 Å². The van der Waals surface area contributed by atoms with Crippen molar-refractivity contribution in [2.24, 2.45) is 0 Å². The summed E-state index contributed by atoms with van der Waals surface area (Å²) < 4.78 is 24.0. The Hall–Kier alpha value is -0.860. The summed E-state index contributed by atoms with van der Waals surface area (Å²) in [5.41, 5.74) is 0. The first kappa shape index (κ1) is 15.2. The fourth-order valence-electron chi connectivity index (χ4n) is 1.31. The normalized spacial score (nSPS) is 11.7. The van der Waals surface area contributed by atoms with E-state index in [9.17, 15) is 8.42 Å². The van der Waals surface area contributed by atoms with E-state index in [4.69, 9.17) is 0 Å². The van der Waals surface area contributed by atoms with Crippen molar-refractivity contribution in [3.63, 3.8) is 0 Å². The van der Waals surface area contributed by atoms with Gasteiger partial charge in [0.25, 0.3) is 0 Å². The Bertz CT molecular complexity index is 496. The number of hydrogen-bond donors (Lipinski definition) is 1. The first-order valence-electron chi connectivity index (χ1n) is 5.46. The van der Waals surface area contributed by atoms with Crippen molar-refractivity contribution in [2.75, 3.05) is 24.8 Å². The van der Waals surface area contributed by atoms with Crippen molar-refractivity contribution in [1.82, 2.24) is 20.1 Å². The summed E-state index contributed by atoms with van der Waals surface area (Å²) in [5.74, 6) is 1.44. The van der Waals surface area contributed by atoms with Crippen LogP contribution in [0.2, 0.25) is 0 Å².